The minimum absolute atomic E-state index is 0.342. The molecule has 0 aliphatic carbocycles. The van der Waals surface area contributed by atoms with Crippen LogP contribution >= 0.6 is 0 Å². The lowest BCUT2D eigenvalue weighted by Gasteiger charge is -2.15. The van der Waals surface area contributed by atoms with E-state index in [2.05, 4.69) is 5.32 Å². The average Bonchev–Trinajstić information content (AvgIpc) is 2.54. The number of nitrogens with zero attached hydrogens (tertiary/aromatic N) is 3. The van der Waals surface area contributed by atoms with Crippen LogP contribution in [0.15, 0.2) is 24.3 Å². The molecule has 116 valence electrons. The molecule has 0 spiro atoms. The molecule has 0 fully saturated rings. The van der Waals surface area contributed by atoms with Crippen molar-refractivity contribution in [2.75, 3.05) is 24.3 Å². The van der Waals surface area contributed by atoms with Crippen molar-refractivity contribution in [2.24, 2.45) is 0 Å². The highest BCUT2D eigenvalue weighted by atomic mass is 19.2. The number of rotatable bonds is 3. The molecule has 0 radical (unpaired) electrons. The summed E-state index contributed by atoms with van der Waals surface area (Å²) in [5.74, 6) is -4.49. The molecule has 0 saturated carbocycles. The molecular formula is C16H11F3N4. The maximum absolute atomic E-state index is 14.1. The summed E-state index contributed by atoms with van der Waals surface area (Å²) in [6.45, 7) is 0. The van der Waals surface area contributed by atoms with Crippen molar-refractivity contribution in [3.05, 3.63) is 52.8 Å². The molecule has 4 nitrogen and oxygen atoms in total. The lowest BCUT2D eigenvalue weighted by molar-refractivity contribution is 0.493. The highest BCUT2D eigenvalue weighted by Crippen LogP contribution is 2.31. The molecule has 0 heterocycles. The minimum Gasteiger partial charge on any atom is -0.378 e. The second-order valence-corrected chi connectivity index (χ2v) is 4.86. The van der Waals surface area contributed by atoms with Crippen LogP contribution in [0.25, 0.3) is 0 Å². The number of benzene rings is 2. The number of hydrogen-bond donors (Lipinski definition) is 1. The Kier molecular flexibility index (Phi) is 4.42. The maximum Gasteiger partial charge on any atom is 0.185 e. The molecule has 23 heavy (non-hydrogen) atoms. The summed E-state index contributed by atoms with van der Waals surface area (Å²) in [5.41, 5.74) is -1.30. The van der Waals surface area contributed by atoms with E-state index in [1.165, 1.54) is 12.1 Å². The van der Waals surface area contributed by atoms with Gasteiger partial charge in [0, 0.05) is 25.5 Å². The van der Waals surface area contributed by atoms with E-state index in [0.29, 0.717) is 5.69 Å². The molecule has 0 unspecified atom stereocenters. The van der Waals surface area contributed by atoms with Gasteiger partial charge in [0.1, 0.15) is 23.3 Å². The van der Waals surface area contributed by atoms with Crippen molar-refractivity contribution in [1.82, 2.24) is 0 Å². The van der Waals surface area contributed by atoms with Gasteiger partial charge in [0.15, 0.2) is 17.5 Å². The summed E-state index contributed by atoms with van der Waals surface area (Å²) in [7, 11) is 3.67. The summed E-state index contributed by atoms with van der Waals surface area (Å²) >= 11 is 0. The van der Waals surface area contributed by atoms with Crippen LogP contribution in [0.3, 0.4) is 0 Å². The molecular weight excluding hydrogens is 305 g/mol. The molecule has 0 aliphatic rings. The van der Waals surface area contributed by atoms with Crippen molar-refractivity contribution in [3.8, 4) is 12.1 Å². The second-order valence-electron chi connectivity index (χ2n) is 4.86. The van der Waals surface area contributed by atoms with Crippen LogP contribution in [0.4, 0.5) is 30.2 Å². The summed E-state index contributed by atoms with van der Waals surface area (Å²) in [5, 5.41) is 20.2. The largest absolute Gasteiger partial charge is 0.378 e. The van der Waals surface area contributed by atoms with Crippen LogP contribution in [0.5, 0.6) is 0 Å². The first-order valence-electron chi connectivity index (χ1n) is 6.45. The van der Waals surface area contributed by atoms with Gasteiger partial charge in [-0.05, 0) is 24.3 Å². The molecule has 1 N–H and O–H groups in total. The van der Waals surface area contributed by atoms with Crippen LogP contribution in [0.1, 0.15) is 11.1 Å². The van der Waals surface area contributed by atoms with Gasteiger partial charge in [-0.1, -0.05) is 0 Å². The first kappa shape index (κ1) is 16.2. The molecule has 0 atom stereocenters. The van der Waals surface area contributed by atoms with Crippen molar-refractivity contribution in [3.63, 3.8) is 0 Å². The van der Waals surface area contributed by atoms with Crippen molar-refractivity contribution in [1.29, 1.82) is 10.5 Å². The summed E-state index contributed by atoms with van der Waals surface area (Å²) < 4.78 is 41.7. The maximum atomic E-state index is 14.1. The smallest absolute Gasteiger partial charge is 0.185 e. The van der Waals surface area contributed by atoms with Gasteiger partial charge in [-0.3, -0.25) is 0 Å². The van der Waals surface area contributed by atoms with E-state index in [0.717, 1.165) is 5.69 Å². The van der Waals surface area contributed by atoms with Crippen LogP contribution in [0, 0.1) is 40.1 Å². The SMILES string of the molecule is CN(C)c1ccc(Nc2c(F)c(F)c(C#N)c(F)c2C#N)cc1. The van der Waals surface area contributed by atoms with E-state index in [1.807, 2.05) is 19.0 Å². The summed E-state index contributed by atoms with van der Waals surface area (Å²) in [6.07, 6.45) is 0. The Balaban J connectivity index is 2.52. The van der Waals surface area contributed by atoms with E-state index < -0.39 is 34.3 Å². The van der Waals surface area contributed by atoms with E-state index in [9.17, 15) is 13.2 Å². The molecule has 2 rings (SSSR count). The molecule has 0 aliphatic heterocycles. The van der Waals surface area contributed by atoms with E-state index in [4.69, 9.17) is 10.5 Å². The lowest BCUT2D eigenvalue weighted by Crippen LogP contribution is -2.09. The van der Waals surface area contributed by atoms with Gasteiger partial charge < -0.3 is 10.2 Å². The predicted octanol–water partition coefficient (Wildman–Crippen LogP) is 3.66. The molecule has 7 heteroatoms. The average molecular weight is 316 g/mol. The van der Waals surface area contributed by atoms with Gasteiger partial charge in [-0.25, -0.2) is 13.2 Å². The van der Waals surface area contributed by atoms with Crippen LogP contribution < -0.4 is 10.2 Å². The molecule has 2 aromatic rings. The number of nitriles is 2. The van der Waals surface area contributed by atoms with E-state index in [1.54, 1.807) is 24.3 Å². The van der Waals surface area contributed by atoms with E-state index >= 15 is 0 Å². The number of anilines is 3. The third-order valence-corrected chi connectivity index (χ3v) is 3.20. The standard InChI is InChI=1S/C16H11F3N4/c1-23(2)10-5-3-9(4-6-10)22-16-12(8-21)13(17)11(7-20)14(18)15(16)19/h3-6,22H,1-2H3. The monoisotopic (exact) mass is 316 g/mol. The molecule has 0 bridgehead atoms. The minimum atomic E-state index is -1.63. The number of halogens is 3. The first-order chi connectivity index (χ1) is 10.9. The lowest BCUT2D eigenvalue weighted by atomic mass is 10.1. The topological polar surface area (TPSA) is 62.9 Å². The third-order valence-electron chi connectivity index (χ3n) is 3.20. The van der Waals surface area contributed by atoms with Crippen LogP contribution in [0.2, 0.25) is 0 Å². The van der Waals surface area contributed by atoms with Crippen molar-refractivity contribution >= 4 is 17.1 Å². The third kappa shape index (κ3) is 2.90. The molecule has 0 amide bonds. The molecule has 0 aromatic heterocycles. The van der Waals surface area contributed by atoms with Crippen molar-refractivity contribution in [2.45, 2.75) is 0 Å². The summed E-state index contributed by atoms with van der Waals surface area (Å²) in [6, 6.07) is 9.24. The Morgan fingerprint density at radius 3 is 1.91 bits per heavy atom. The fourth-order valence-corrected chi connectivity index (χ4v) is 1.97. The Hall–Kier alpha value is -3.19. The van der Waals surface area contributed by atoms with E-state index in [-0.39, 0.29) is 0 Å². The molecule has 0 saturated heterocycles. The van der Waals surface area contributed by atoms with Gasteiger partial charge in [-0.15, -0.1) is 0 Å². The zero-order valence-corrected chi connectivity index (χ0v) is 12.3. The Morgan fingerprint density at radius 2 is 1.43 bits per heavy atom. The fraction of sp³-hybridized carbons (Fsp3) is 0.125. The number of nitrogens with one attached hydrogen (secondary N) is 1. The van der Waals surface area contributed by atoms with Crippen LogP contribution in [-0.2, 0) is 0 Å². The van der Waals surface area contributed by atoms with Gasteiger partial charge in [0.05, 0.1) is 5.69 Å². The normalized spacial score (nSPS) is 9.87. The second kappa shape index (κ2) is 6.29. The Morgan fingerprint density at radius 1 is 0.870 bits per heavy atom. The fourth-order valence-electron chi connectivity index (χ4n) is 1.97. The first-order valence-corrected chi connectivity index (χ1v) is 6.45. The summed E-state index contributed by atoms with van der Waals surface area (Å²) in [4.78, 5) is 1.84. The Labute approximate surface area is 131 Å². The zero-order valence-electron chi connectivity index (χ0n) is 12.3. The zero-order chi connectivity index (χ0) is 17.1. The quantitative estimate of drug-likeness (QED) is 0.878. The van der Waals surface area contributed by atoms with Gasteiger partial charge >= 0.3 is 0 Å². The predicted molar refractivity (Wildman–Crippen MR) is 79.8 cm³/mol. The van der Waals surface area contributed by atoms with Crippen molar-refractivity contribution < 1.29 is 13.2 Å². The molecule has 2 aromatic carbocycles. The highest BCUT2D eigenvalue weighted by molar-refractivity contribution is 5.70. The van der Waals surface area contributed by atoms with Gasteiger partial charge in [-0.2, -0.15) is 10.5 Å². The number of hydrogen-bond acceptors (Lipinski definition) is 4. The van der Waals surface area contributed by atoms with Gasteiger partial charge in [0.25, 0.3) is 0 Å². The van der Waals surface area contributed by atoms with Gasteiger partial charge in [0.2, 0.25) is 0 Å². The highest BCUT2D eigenvalue weighted by Gasteiger charge is 2.25. The Bertz CT molecular complexity index is 831. The van der Waals surface area contributed by atoms with Crippen LogP contribution in [-0.4, -0.2) is 14.1 Å².